The van der Waals surface area contributed by atoms with E-state index in [4.69, 9.17) is 10.8 Å². The average molecular weight is 306 g/mol. The summed E-state index contributed by atoms with van der Waals surface area (Å²) in [5.41, 5.74) is 7.00. The Bertz CT molecular complexity index is 610. The summed E-state index contributed by atoms with van der Waals surface area (Å²) in [4.78, 5) is 10.8. The summed E-state index contributed by atoms with van der Waals surface area (Å²) in [5, 5.41) is 18.0. The van der Waals surface area contributed by atoms with Gasteiger partial charge in [0.2, 0.25) is 0 Å². The summed E-state index contributed by atoms with van der Waals surface area (Å²) >= 11 is 1.58. The molecule has 1 aromatic heterocycles. The van der Waals surface area contributed by atoms with Crippen LogP contribution in [0.2, 0.25) is 0 Å². The summed E-state index contributed by atoms with van der Waals surface area (Å²) in [7, 11) is 0. The number of nitrogens with two attached hydrogens (primary N) is 1. The number of benzene rings is 1. The van der Waals surface area contributed by atoms with E-state index in [1.165, 1.54) is 0 Å². The fraction of sp³-hybridized carbons (Fsp3) is 0.357. The molecular formula is C14H18N4O2S. The van der Waals surface area contributed by atoms with E-state index in [1.54, 1.807) is 23.9 Å². The molecule has 3 N–H and O–H groups in total. The van der Waals surface area contributed by atoms with Gasteiger partial charge in [-0.05, 0) is 24.1 Å². The lowest BCUT2D eigenvalue weighted by atomic mass is 10.1. The Hall–Kier alpha value is -1.86. The summed E-state index contributed by atoms with van der Waals surface area (Å²) in [6.45, 7) is 3.32. The minimum absolute atomic E-state index is 0.295. The number of carboxylic acids is 1. The maximum atomic E-state index is 10.8. The molecule has 1 heterocycles. The predicted octanol–water partition coefficient (Wildman–Crippen LogP) is 2.14. The largest absolute Gasteiger partial charge is 0.478 e. The molecule has 21 heavy (non-hydrogen) atoms. The van der Waals surface area contributed by atoms with Gasteiger partial charge in [0.1, 0.15) is 5.82 Å². The highest BCUT2D eigenvalue weighted by molar-refractivity contribution is 7.98. The number of nitrogens with zero attached hydrogens (tertiary/aromatic N) is 3. The van der Waals surface area contributed by atoms with Crippen molar-refractivity contribution in [3.63, 3.8) is 0 Å². The van der Waals surface area contributed by atoms with Crippen molar-refractivity contribution in [2.45, 2.75) is 37.3 Å². The number of rotatable bonds is 7. The number of hydrogen-bond donors (Lipinski definition) is 2. The topological polar surface area (TPSA) is 94.0 Å². The highest BCUT2D eigenvalue weighted by Crippen LogP contribution is 2.22. The first kappa shape index (κ1) is 15.5. The van der Waals surface area contributed by atoms with Gasteiger partial charge in [0, 0.05) is 12.3 Å². The number of aromatic nitrogens is 3. The fourth-order valence-electron chi connectivity index (χ4n) is 1.92. The number of thioether (sulfide) groups is 1. The lowest BCUT2D eigenvalue weighted by Gasteiger charge is -2.07. The molecule has 0 spiro atoms. The maximum absolute atomic E-state index is 10.8. The van der Waals surface area contributed by atoms with Gasteiger partial charge in [-0.3, -0.25) is 0 Å². The molecule has 0 atom stereocenters. The molecule has 0 aliphatic rings. The first-order valence-corrected chi connectivity index (χ1v) is 7.71. The smallest absolute Gasteiger partial charge is 0.335 e. The van der Waals surface area contributed by atoms with Crippen LogP contribution in [0.1, 0.15) is 35.1 Å². The summed E-state index contributed by atoms with van der Waals surface area (Å²) in [6.07, 6.45) is 0.992. The van der Waals surface area contributed by atoms with E-state index in [9.17, 15) is 4.79 Å². The molecule has 112 valence electrons. The average Bonchev–Trinajstić information content (AvgIpc) is 2.88. The number of carbonyl (C=O) groups is 1. The normalized spacial score (nSPS) is 10.8. The Morgan fingerprint density at radius 2 is 2.05 bits per heavy atom. The van der Waals surface area contributed by atoms with Crippen molar-refractivity contribution in [1.29, 1.82) is 0 Å². The van der Waals surface area contributed by atoms with E-state index in [-0.39, 0.29) is 0 Å². The molecule has 0 amide bonds. The number of hydrogen-bond acceptors (Lipinski definition) is 5. The quantitative estimate of drug-likeness (QED) is 0.761. The Kier molecular flexibility index (Phi) is 5.35. The van der Waals surface area contributed by atoms with Crippen LogP contribution in [-0.2, 0) is 18.8 Å². The van der Waals surface area contributed by atoms with Crippen molar-refractivity contribution in [2.24, 2.45) is 5.73 Å². The highest BCUT2D eigenvalue weighted by atomic mass is 32.2. The van der Waals surface area contributed by atoms with E-state index >= 15 is 0 Å². The Labute approximate surface area is 127 Å². The van der Waals surface area contributed by atoms with Crippen LogP contribution >= 0.6 is 11.8 Å². The van der Waals surface area contributed by atoms with E-state index in [1.807, 2.05) is 16.7 Å². The molecule has 0 aliphatic heterocycles. The highest BCUT2D eigenvalue weighted by Gasteiger charge is 2.11. The zero-order valence-electron chi connectivity index (χ0n) is 11.8. The predicted molar refractivity (Wildman–Crippen MR) is 81.2 cm³/mol. The maximum Gasteiger partial charge on any atom is 0.335 e. The van der Waals surface area contributed by atoms with Gasteiger partial charge in [-0.25, -0.2) is 4.79 Å². The zero-order valence-corrected chi connectivity index (χ0v) is 12.6. The van der Waals surface area contributed by atoms with Gasteiger partial charge in [-0.2, -0.15) is 0 Å². The SMILES string of the molecule is CCCn1c(CN)nnc1SCc1ccc(C(=O)O)cc1. The summed E-state index contributed by atoms with van der Waals surface area (Å²) in [6, 6.07) is 6.86. The molecule has 0 saturated carbocycles. The molecule has 2 aromatic rings. The van der Waals surface area contributed by atoms with E-state index in [0.717, 1.165) is 29.5 Å². The van der Waals surface area contributed by atoms with Crippen LogP contribution in [0.4, 0.5) is 0 Å². The van der Waals surface area contributed by atoms with Crippen molar-refractivity contribution < 1.29 is 9.90 Å². The zero-order chi connectivity index (χ0) is 15.2. The second-order valence-electron chi connectivity index (χ2n) is 4.55. The minimum Gasteiger partial charge on any atom is -0.478 e. The summed E-state index contributed by atoms with van der Waals surface area (Å²) in [5.74, 6) is 0.594. The molecule has 0 saturated heterocycles. The van der Waals surface area contributed by atoms with Crippen LogP contribution in [-0.4, -0.2) is 25.8 Å². The van der Waals surface area contributed by atoms with Crippen molar-refractivity contribution in [3.05, 3.63) is 41.2 Å². The third-order valence-electron chi connectivity index (χ3n) is 2.99. The Morgan fingerprint density at radius 1 is 1.33 bits per heavy atom. The Morgan fingerprint density at radius 3 is 2.62 bits per heavy atom. The van der Waals surface area contributed by atoms with Crippen LogP contribution in [0.15, 0.2) is 29.4 Å². The van der Waals surface area contributed by atoms with E-state index in [0.29, 0.717) is 17.9 Å². The van der Waals surface area contributed by atoms with Crippen LogP contribution in [0.3, 0.4) is 0 Å². The third kappa shape index (κ3) is 3.83. The van der Waals surface area contributed by atoms with Crippen LogP contribution in [0.25, 0.3) is 0 Å². The molecule has 2 rings (SSSR count). The molecule has 0 bridgehead atoms. The standard InChI is InChI=1S/C14H18N4O2S/c1-2-7-18-12(8-15)16-17-14(18)21-9-10-3-5-11(6-4-10)13(19)20/h3-6H,2,7-9,15H2,1H3,(H,19,20). The van der Waals surface area contributed by atoms with Gasteiger partial charge in [-0.1, -0.05) is 30.8 Å². The number of carboxylic acid groups (broad SMARTS) is 1. The monoisotopic (exact) mass is 306 g/mol. The molecular weight excluding hydrogens is 288 g/mol. The van der Waals surface area contributed by atoms with Gasteiger partial charge < -0.3 is 15.4 Å². The van der Waals surface area contributed by atoms with Crippen molar-refractivity contribution in [2.75, 3.05) is 0 Å². The van der Waals surface area contributed by atoms with E-state index < -0.39 is 5.97 Å². The molecule has 0 aliphatic carbocycles. The lowest BCUT2D eigenvalue weighted by Crippen LogP contribution is -2.09. The van der Waals surface area contributed by atoms with Crippen LogP contribution in [0.5, 0.6) is 0 Å². The van der Waals surface area contributed by atoms with Crippen molar-refractivity contribution in [3.8, 4) is 0 Å². The minimum atomic E-state index is -0.913. The van der Waals surface area contributed by atoms with Crippen LogP contribution in [0, 0.1) is 0 Å². The van der Waals surface area contributed by atoms with Gasteiger partial charge in [0.15, 0.2) is 5.16 Å². The van der Waals surface area contributed by atoms with Gasteiger partial charge >= 0.3 is 5.97 Å². The first-order valence-electron chi connectivity index (χ1n) is 6.73. The number of aromatic carboxylic acids is 1. The van der Waals surface area contributed by atoms with E-state index in [2.05, 4.69) is 17.1 Å². The van der Waals surface area contributed by atoms with Gasteiger partial charge in [0.05, 0.1) is 12.1 Å². The van der Waals surface area contributed by atoms with Crippen molar-refractivity contribution in [1.82, 2.24) is 14.8 Å². The second kappa shape index (κ2) is 7.24. The summed E-state index contributed by atoms with van der Waals surface area (Å²) < 4.78 is 2.04. The molecule has 6 nitrogen and oxygen atoms in total. The molecule has 0 unspecified atom stereocenters. The molecule has 1 aromatic carbocycles. The van der Waals surface area contributed by atoms with Crippen molar-refractivity contribution >= 4 is 17.7 Å². The molecule has 7 heteroatoms. The van der Waals surface area contributed by atoms with Gasteiger partial charge in [0.25, 0.3) is 0 Å². The van der Waals surface area contributed by atoms with Gasteiger partial charge in [-0.15, -0.1) is 10.2 Å². The Balaban J connectivity index is 2.05. The molecule has 0 radical (unpaired) electrons. The first-order chi connectivity index (χ1) is 10.2. The third-order valence-corrected chi connectivity index (χ3v) is 4.03. The fourth-order valence-corrected chi connectivity index (χ4v) is 2.86. The lowest BCUT2D eigenvalue weighted by molar-refractivity contribution is 0.0697. The second-order valence-corrected chi connectivity index (χ2v) is 5.49. The van der Waals surface area contributed by atoms with Crippen LogP contribution < -0.4 is 5.73 Å². The molecule has 0 fully saturated rings.